The summed E-state index contributed by atoms with van der Waals surface area (Å²) in [6.45, 7) is 12.0. The summed E-state index contributed by atoms with van der Waals surface area (Å²) in [4.78, 5) is 33.5. The molecule has 7 nitrogen and oxygen atoms in total. The van der Waals surface area contributed by atoms with E-state index in [1.807, 2.05) is 59.0 Å². The topological polar surface area (TPSA) is 93.2 Å². The van der Waals surface area contributed by atoms with Crippen LogP contribution in [-0.2, 0) is 23.2 Å². The highest BCUT2D eigenvalue weighted by Crippen LogP contribution is 2.43. The van der Waals surface area contributed by atoms with Gasteiger partial charge in [0.2, 0.25) is 5.95 Å². The lowest BCUT2D eigenvalue weighted by molar-refractivity contribution is -0.143. The van der Waals surface area contributed by atoms with Gasteiger partial charge in [-0.05, 0) is 64.9 Å². The zero-order valence-corrected chi connectivity index (χ0v) is 28.0. The van der Waals surface area contributed by atoms with Crippen LogP contribution in [0.5, 0.6) is 5.75 Å². The number of amides is 2. The van der Waals surface area contributed by atoms with Gasteiger partial charge in [0.05, 0.1) is 17.7 Å². The maximum absolute atomic E-state index is 15.0. The van der Waals surface area contributed by atoms with E-state index in [9.17, 15) is 40.3 Å². The summed E-state index contributed by atoms with van der Waals surface area (Å²) in [6.07, 6.45) is -8.88. The molecule has 0 saturated carbocycles. The Bertz CT molecular complexity index is 1860. The number of ether oxygens (including phenoxy) is 1. The van der Waals surface area contributed by atoms with Gasteiger partial charge >= 0.3 is 12.4 Å². The van der Waals surface area contributed by atoms with Gasteiger partial charge in [0, 0.05) is 28.6 Å². The zero-order valence-electron chi connectivity index (χ0n) is 28.0. The Morgan fingerprint density at radius 1 is 0.720 bits per heavy atom. The summed E-state index contributed by atoms with van der Waals surface area (Å²) >= 11 is 0. The van der Waals surface area contributed by atoms with Crippen molar-refractivity contribution in [3.8, 4) is 16.9 Å². The van der Waals surface area contributed by atoms with Gasteiger partial charge in [0.15, 0.2) is 0 Å². The van der Waals surface area contributed by atoms with Gasteiger partial charge in [0.1, 0.15) is 23.7 Å². The van der Waals surface area contributed by atoms with E-state index < -0.39 is 58.0 Å². The predicted octanol–water partition coefficient (Wildman–Crippen LogP) is 8.98. The minimum absolute atomic E-state index is 0.0546. The molecule has 2 aromatic heterocycles. The maximum Gasteiger partial charge on any atom is 0.416 e. The molecule has 4 rings (SSSR count). The smallest absolute Gasteiger partial charge is 0.416 e. The predicted molar refractivity (Wildman–Crippen MR) is 173 cm³/mol. The van der Waals surface area contributed by atoms with E-state index >= 15 is 0 Å². The summed E-state index contributed by atoms with van der Waals surface area (Å²) in [5.41, 5.74) is -2.89. The average molecular weight is 705 g/mol. The molecule has 0 saturated heterocycles. The SMILES string of the molecule is CC(C)(C)c1cc(-c2cccnc2F)c(OCCNC(=O)c2cccc(C(=O)Nc3cc(C(F)(F)F)cc(C(F)(F)F)c3)n2)c(C(C)(C)C)c1. The van der Waals surface area contributed by atoms with Gasteiger partial charge in [0.25, 0.3) is 11.8 Å². The van der Waals surface area contributed by atoms with Crippen molar-refractivity contribution in [2.45, 2.75) is 64.7 Å². The van der Waals surface area contributed by atoms with E-state index in [1.165, 1.54) is 18.3 Å². The first-order valence-corrected chi connectivity index (χ1v) is 15.3. The average Bonchev–Trinajstić information content (AvgIpc) is 3.01. The number of alkyl halides is 6. The molecule has 0 unspecified atom stereocenters. The molecule has 4 aromatic rings. The Hall–Kier alpha value is -5.01. The second kappa shape index (κ2) is 14.1. The number of carbonyl (C=O) groups is 2. The number of halogens is 7. The number of anilines is 1. The number of aromatic nitrogens is 2. The van der Waals surface area contributed by atoms with E-state index in [0.717, 1.165) is 17.2 Å². The lowest BCUT2D eigenvalue weighted by Crippen LogP contribution is -2.30. The third-order valence-corrected chi connectivity index (χ3v) is 7.51. The third kappa shape index (κ3) is 9.16. The van der Waals surface area contributed by atoms with Crippen LogP contribution in [0.25, 0.3) is 11.1 Å². The molecule has 0 radical (unpaired) electrons. The number of nitrogens with one attached hydrogen (secondary N) is 2. The van der Waals surface area contributed by atoms with E-state index in [1.54, 1.807) is 12.1 Å². The van der Waals surface area contributed by atoms with Crippen LogP contribution in [0, 0.1) is 5.95 Å². The number of benzene rings is 2. The molecule has 0 aliphatic rings. The molecular weight excluding hydrogens is 669 g/mol. The van der Waals surface area contributed by atoms with Crippen LogP contribution in [0.2, 0.25) is 0 Å². The van der Waals surface area contributed by atoms with Crippen LogP contribution in [0.1, 0.15) is 84.8 Å². The van der Waals surface area contributed by atoms with E-state index in [4.69, 9.17) is 4.74 Å². The van der Waals surface area contributed by atoms with Crippen molar-refractivity contribution in [2.75, 3.05) is 18.5 Å². The Kier molecular flexibility index (Phi) is 10.6. The van der Waals surface area contributed by atoms with Crippen LogP contribution in [-0.4, -0.2) is 34.9 Å². The minimum atomic E-state index is -5.11. The number of hydrogen-bond acceptors (Lipinski definition) is 5. The highest BCUT2D eigenvalue weighted by Gasteiger charge is 2.37. The molecule has 0 fully saturated rings. The highest BCUT2D eigenvalue weighted by molar-refractivity contribution is 6.04. The molecule has 266 valence electrons. The molecule has 2 N–H and O–H groups in total. The number of nitrogens with zero attached hydrogens (tertiary/aromatic N) is 2. The Morgan fingerprint density at radius 3 is 1.86 bits per heavy atom. The molecule has 0 atom stereocenters. The normalized spacial score (nSPS) is 12.4. The van der Waals surface area contributed by atoms with E-state index in [0.29, 0.717) is 23.4 Å². The summed E-state index contributed by atoms with van der Waals surface area (Å²) in [5.74, 6) is -2.15. The Labute approximate surface area is 284 Å². The fourth-order valence-electron chi connectivity index (χ4n) is 4.88. The number of hydrogen-bond donors (Lipinski definition) is 2. The summed E-state index contributed by atoms with van der Waals surface area (Å²) in [6, 6.07) is 11.4. The van der Waals surface area contributed by atoms with Crippen LogP contribution in [0.3, 0.4) is 0 Å². The van der Waals surface area contributed by atoms with Gasteiger partial charge in [-0.3, -0.25) is 9.59 Å². The highest BCUT2D eigenvalue weighted by atomic mass is 19.4. The molecular formula is C36H35F7N4O3. The first-order valence-electron chi connectivity index (χ1n) is 15.3. The van der Waals surface area contributed by atoms with Gasteiger partial charge in [-0.2, -0.15) is 30.7 Å². The van der Waals surface area contributed by atoms with E-state index in [2.05, 4.69) is 15.3 Å². The molecule has 2 amide bonds. The van der Waals surface area contributed by atoms with Gasteiger partial charge in [-0.25, -0.2) is 9.97 Å². The van der Waals surface area contributed by atoms with Crippen LogP contribution in [0.4, 0.5) is 36.4 Å². The molecule has 0 aliphatic carbocycles. The molecule has 0 bridgehead atoms. The molecule has 0 aliphatic heterocycles. The molecule has 2 heterocycles. The quantitative estimate of drug-likeness (QED) is 0.109. The monoisotopic (exact) mass is 704 g/mol. The molecule has 0 spiro atoms. The lowest BCUT2D eigenvalue weighted by Gasteiger charge is -2.29. The minimum Gasteiger partial charge on any atom is -0.491 e. The van der Waals surface area contributed by atoms with Crippen molar-refractivity contribution in [3.63, 3.8) is 0 Å². The van der Waals surface area contributed by atoms with Crippen molar-refractivity contribution in [3.05, 3.63) is 106 Å². The first-order chi connectivity index (χ1) is 23.1. The molecule has 14 heteroatoms. The van der Waals surface area contributed by atoms with Crippen LogP contribution >= 0.6 is 0 Å². The standard InChI is InChI=1S/C36H35F7N4O3/c1-33(2,3)20-18-25(24-9-8-12-44-30(24)37)29(26(19-20)34(4,5)6)50-14-13-45-31(48)27-10-7-11-28(47-27)32(49)46-23-16-21(35(38,39)40)15-22(17-23)36(41,42)43/h7-12,15-19H,13-14H2,1-6H3,(H,45,48)(H,46,49). The van der Waals surface area contributed by atoms with Crippen molar-refractivity contribution in [2.24, 2.45) is 0 Å². The lowest BCUT2D eigenvalue weighted by atomic mass is 9.78. The van der Waals surface area contributed by atoms with E-state index in [-0.39, 0.29) is 35.9 Å². The summed E-state index contributed by atoms with van der Waals surface area (Å²) in [7, 11) is 0. The van der Waals surface area contributed by atoms with Gasteiger partial charge in [-0.1, -0.05) is 53.7 Å². The largest absolute Gasteiger partial charge is 0.491 e. The summed E-state index contributed by atoms with van der Waals surface area (Å²) in [5, 5.41) is 4.59. The number of carbonyl (C=O) groups excluding carboxylic acids is 2. The fourth-order valence-corrected chi connectivity index (χ4v) is 4.88. The summed E-state index contributed by atoms with van der Waals surface area (Å²) < 4.78 is 101. The Morgan fingerprint density at radius 2 is 1.32 bits per heavy atom. The van der Waals surface area contributed by atoms with Crippen molar-refractivity contribution >= 4 is 17.5 Å². The fraction of sp³-hybridized carbons (Fsp3) is 0.333. The first kappa shape index (κ1) is 37.8. The van der Waals surface area contributed by atoms with Crippen LogP contribution < -0.4 is 15.4 Å². The number of pyridine rings is 2. The van der Waals surface area contributed by atoms with Crippen LogP contribution in [0.15, 0.2) is 66.9 Å². The maximum atomic E-state index is 15.0. The zero-order chi connectivity index (χ0) is 37.2. The second-order valence-corrected chi connectivity index (χ2v) is 13.5. The Balaban J connectivity index is 1.52. The van der Waals surface area contributed by atoms with Crippen molar-refractivity contribution in [1.82, 2.24) is 15.3 Å². The molecule has 2 aromatic carbocycles. The molecule has 50 heavy (non-hydrogen) atoms. The second-order valence-electron chi connectivity index (χ2n) is 13.5. The van der Waals surface area contributed by atoms with Crippen molar-refractivity contribution < 1.29 is 45.1 Å². The third-order valence-electron chi connectivity index (χ3n) is 7.51. The van der Waals surface area contributed by atoms with Crippen molar-refractivity contribution in [1.29, 1.82) is 0 Å². The van der Waals surface area contributed by atoms with Gasteiger partial charge in [-0.15, -0.1) is 0 Å². The number of rotatable bonds is 8. The van der Waals surface area contributed by atoms with Gasteiger partial charge < -0.3 is 15.4 Å².